The van der Waals surface area contributed by atoms with Gasteiger partial charge in [0.25, 0.3) is 0 Å². The van der Waals surface area contributed by atoms with Crippen molar-refractivity contribution in [1.29, 1.82) is 0 Å². The number of phenols is 1. The summed E-state index contributed by atoms with van der Waals surface area (Å²) >= 11 is 0. The molecule has 1 saturated heterocycles. The van der Waals surface area contributed by atoms with E-state index >= 15 is 0 Å². The van der Waals surface area contributed by atoms with Crippen LogP contribution in [0.4, 0.5) is 0 Å². The molecule has 1 aromatic rings. The largest absolute Gasteiger partial charge is 0.507 e. The van der Waals surface area contributed by atoms with E-state index in [0.29, 0.717) is 25.3 Å². The molecular formula is C15H20N2O5. The van der Waals surface area contributed by atoms with Crippen molar-refractivity contribution < 1.29 is 24.2 Å². The van der Waals surface area contributed by atoms with E-state index in [2.05, 4.69) is 15.4 Å². The van der Waals surface area contributed by atoms with Crippen LogP contribution in [0.2, 0.25) is 0 Å². The van der Waals surface area contributed by atoms with E-state index in [1.54, 1.807) is 13.0 Å². The van der Waals surface area contributed by atoms with E-state index in [4.69, 9.17) is 4.74 Å². The summed E-state index contributed by atoms with van der Waals surface area (Å²) in [5.74, 6) is -0.947. The second-order valence-electron chi connectivity index (χ2n) is 5.08. The molecule has 1 heterocycles. The summed E-state index contributed by atoms with van der Waals surface area (Å²) in [6, 6.07) is 3.90. The lowest BCUT2D eigenvalue weighted by molar-refractivity contribution is -0.126. The highest BCUT2D eigenvalue weighted by molar-refractivity contribution is 5.92. The second-order valence-corrected chi connectivity index (χ2v) is 5.08. The van der Waals surface area contributed by atoms with Gasteiger partial charge in [0.2, 0.25) is 5.91 Å². The Kier molecular flexibility index (Phi) is 5.35. The minimum Gasteiger partial charge on any atom is -0.507 e. The SMILES string of the molecule is COC(=O)c1ccc([C@H](C)NC(=O)[C@H]2COCCN2)cc1O. The van der Waals surface area contributed by atoms with Crippen LogP contribution in [0.1, 0.15) is 28.9 Å². The van der Waals surface area contributed by atoms with Crippen LogP contribution in [0.15, 0.2) is 18.2 Å². The van der Waals surface area contributed by atoms with Gasteiger partial charge in [-0.25, -0.2) is 4.79 Å². The summed E-state index contributed by atoms with van der Waals surface area (Å²) in [6.45, 7) is 3.38. The maximum atomic E-state index is 12.1. The zero-order chi connectivity index (χ0) is 16.1. The quantitative estimate of drug-likeness (QED) is 0.694. The van der Waals surface area contributed by atoms with Gasteiger partial charge < -0.3 is 25.2 Å². The number of carbonyl (C=O) groups excluding carboxylic acids is 2. The first kappa shape index (κ1) is 16.3. The Morgan fingerprint density at radius 3 is 2.86 bits per heavy atom. The van der Waals surface area contributed by atoms with E-state index in [-0.39, 0.29) is 29.3 Å². The van der Waals surface area contributed by atoms with Crippen LogP contribution < -0.4 is 10.6 Å². The van der Waals surface area contributed by atoms with Crippen molar-refractivity contribution in [2.75, 3.05) is 26.9 Å². The number of esters is 1. The van der Waals surface area contributed by atoms with E-state index in [1.807, 2.05) is 0 Å². The highest BCUT2D eigenvalue weighted by Gasteiger charge is 2.23. The lowest BCUT2D eigenvalue weighted by atomic mass is 10.0. The molecule has 0 aliphatic carbocycles. The second kappa shape index (κ2) is 7.24. The summed E-state index contributed by atoms with van der Waals surface area (Å²) in [5.41, 5.74) is 0.780. The number of morpholine rings is 1. The fourth-order valence-corrected chi connectivity index (χ4v) is 2.23. The number of ether oxygens (including phenoxy) is 2. The van der Waals surface area contributed by atoms with Crippen LogP contribution in [0.25, 0.3) is 0 Å². The van der Waals surface area contributed by atoms with Crippen molar-refractivity contribution in [2.45, 2.75) is 19.0 Å². The van der Waals surface area contributed by atoms with Crippen molar-refractivity contribution in [1.82, 2.24) is 10.6 Å². The van der Waals surface area contributed by atoms with Crippen LogP contribution in [0.5, 0.6) is 5.75 Å². The van der Waals surface area contributed by atoms with Crippen LogP contribution in [-0.2, 0) is 14.3 Å². The van der Waals surface area contributed by atoms with Crippen molar-refractivity contribution in [3.8, 4) is 5.75 Å². The Labute approximate surface area is 128 Å². The number of phenolic OH excluding ortho intramolecular Hbond substituents is 1. The minimum atomic E-state index is -0.607. The number of carbonyl (C=O) groups is 2. The van der Waals surface area contributed by atoms with Gasteiger partial charge in [0.15, 0.2) is 0 Å². The molecule has 120 valence electrons. The van der Waals surface area contributed by atoms with E-state index in [0.717, 1.165) is 0 Å². The van der Waals surface area contributed by atoms with Gasteiger partial charge in [-0.2, -0.15) is 0 Å². The molecule has 0 bridgehead atoms. The van der Waals surface area contributed by atoms with Gasteiger partial charge in [0, 0.05) is 6.54 Å². The van der Waals surface area contributed by atoms with Crippen molar-refractivity contribution in [3.63, 3.8) is 0 Å². The molecule has 1 aromatic carbocycles. The van der Waals surface area contributed by atoms with Crippen molar-refractivity contribution in [2.24, 2.45) is 0 Å². The lowest BCUT2D eigenvalue weighted by Gasteiger charge is -2.25. The van der Waals surface area contributed by atoms with E-state index in [9.17, 15) is 14.7 Å². The number of rotatable bonds is 4. The predicted molar refractivity (Wildman–Crippen MR) is 78.6 cm³/mol. The summed E-state index contributed by atoms with van der Waals surface area (Å²) in [4.78, 5) is 23.5. The molecule has 3 N–H and O–H groups in total. The molecule has 1 fully saturated rings. The first-order valence-corrected chi connectivity index (χ1v) is 7.05. The number of methoxy groups -OCH3 is 1. The van der Waals surface area contributed by atoms with Crippen molar-refractivity contribution in [3.05, 3.63) is 29.3 Å². The van der Waals surface area contributed by atoms with Gasteiger partial charge in [-0.1, -0.05) is 6.07 Å². The standard InChI is InChI=1S/C15H20N2O5/c1-9(17-14(19)12-8-22-6-5-16-12)10-3-4-11(13(18)7-10)15(20)21-2/h3-4,7,9,12,16,18H,5-6,8H2,1-2H3,(H,17,19)/t9-,12+/m0/s1. The molecule has 0 spiro atoms. The summed E-state index contributed by atoms with van der Waals surface area (Å²) in [6.07, 6.45) is 0. The third-order valence-electron chi connectivity index (χ3n) is 3.52. The Hall–Kier alpha value is -2.12. The third kappa shape index (κ3) is 3.75. The number of benzene rings is 1. The van der Waals surface area contributed by atoms with Gasteiger partial charge in [-0.3, -0.25) is 4.79 Å². The van der Waals surface area contributed by atoms with Gasteiger partial charge in [0.1, 0.15) is 17.4 Å². The molecule has 1 amide bonds. The van der Waals surface area contributed by atoms with E-state index in [1.165, 1.54) is 19.2 Å². The molecule has 1 aliphatic rings. The highest BCUT2D eigenvalue weighted by atomic mass is 16.5. The number of aromatic hydroxyl groups is 1. The van der Waals surface area contributed by atoms with Gasteiger partial charge in [-0.15, -0.1) is 0 Å². The molecule has 0 unspecified atom stereocenters. The molecule has 0 aromatic heterocycles. The molecule has 0 saturated carbocycles. The zero-order valence-electron chi connectivity index (χ0n) is 12.6. The van der Waals surface area contributed by atoms with E-state index < -0.39 is 5.97 Å². The molecule has 7 heteroatoms. The summed E-state index contributed by atoms with van der Waals surface area (Å²) < 4.78 is 9.82. The Morgan fingerprint density at radius 1 is 1.50 bits per heavy atom. The highest BCUT2D eigenvalue weighted by Crippen LogP contribution is 2.23. The maximum absolute atomic E-state index is 12.1. The Morgan fingerprint density at radius 2 is 2.27 bits per heavy atom. The molecule has 22 heavy (non-hydrogen) atoms. The fourth-order valence-electron chi connectivity index (χ4n) is 2.23. The lowest BCUT2D eigenvalue weighted by Crippen LogP contribution is -2.51. The predicted octanol–water partition coefficient (Wildman–Crippen LogP) is 0.344. The zero-order valence-corrected chi connectivity index (χ0v) is 12.6. The van der Waals surface area contributed by atoms with Gasteiger partial charge in [-0.05, 0) is 24.6 Å². The molecule has 7 nitrogen and oxygen atoms in total. The maximum Gasteiger partial charge on any atom is 0.341 e. The smallest absolute Gasteiger partial charge is 0.341 e. The Balaban J connectivity index is 2.03. The molecule has 2 atom stereocenters. The van der Waals surface area contributed by atoms with Gasteiger partial charge >= 0.3 is 5.97 Å². The molecule has 0 radical (unpaired) electrons. The fraction of sp³-hybridized carbons (Fsp3) is 0.467. The molecular weight excluding hydrogens is 288 g/mol. The van der Waals surface area contributed by atoms with Crippen molar-refractivity contribution >= 4 is 11.9 Å². The van der Waals surface area contributed by atoms with Crippen LogP contribution in [0.3, 0.4) is 0 Å². The van der Waals surface area contributed by atoms with Crippen LogP contribution >= 0.6 is 0 Å². The average molecular weight is 308 g/mol. The average Bonchev–Trinajstić information content (AvgIpc) is 2.54. The van der Waals surface area contributed by atoms with Crippen LogP contribution in [0, 0.1) is 0 Å². The molecule has 1 aliphatic heterocycles. The number of hydrogen-bond acceptors (Lipinski definition) is 6. The van der Waals surface area contributed by atoms with Gasteiger partial charge in [0.05, 0.1) is 26.4 Å². The first-order valence-electron chi connectivity index (χ1n) is 7.05. The molecule has 2 rings (SSSR count). The Bertz CT molecular complexity index is 555. The minimum absolute atomic E-state index is 0.0899. The van der Waals surface area contributed by atoms with Crippen LogP contribution in [-0.4, -0.2) is 49.9 Å². The third-order valence-corrected chi connectivity index (χ3v) is 3.52. The number of hydrogen-bond donors (Lipinski definition) is 3. The topological polar surface area (TPSA) is 96.9 Å². The first-order chi connectivity index (χ1) is 10.5. The normalized spacial score (nSPS) is 19.3. The monoisotopic (exact) mass is 308 g/mol. The summed E-state index contributed by atoms with van der Waals surface area (Å²) in [5, 5.41) is 15.8. The number of amides is 1. The number of nitrogens with one attached hydrogen (secondary N) is 2. The summed E-state index contributed by atoms with van der Waals surface area (Å²) in [7, 11) is 1.25.